The molecule has 2 heterocycles. The topological polar surface area (TPSA) is 74.2 Å². The predicted octanol–water partition coefficient (Wildman–Crippen LogP) is 3.13. The van der Waals surface area contributed by atoms with E-state index < -0.39 is 5.82 Å². The molecule has 0 fully saturated rings. The first-order valence-corrected chi connectivity index (χ1v) is 6.20. The highest BCUT2D eigenvalue weighted by Crippen LogP contribution is 2.38. The number of benzene rings is 1. The van der Waals surface area contributed by atoms with Crippen molar-refractivity contribution in [3.63, 3.8) is 0 Å². The third-order valence-corrected chi connectivity index (χ3v) is 3.09. The summed E-state index contributed by atoms with van der Waals surface area (Å²) in [5, 5.41) is 3.74. The first-order chi connectivity index (χ1) is 10.2. The third-order valence-electron chi connectivity index (χ3n) is 3.09. The van der Waals surface area contributed by atoms with Gasteiger partial charge in [0.15, 0.2) is 17.4 Å². The van der Waals surface area contributed by atoms with E-state index in [1.165, 1.54) is 12.3 Å². The maximum absolute atomic E-state index is 13.9. The quantitative estimate of drug-likeness (QED) is 0.800. The van der Waals surface area contributed by atoms with Crippen molar-refractivity contribution in [1.29, 1.82) is 0 Å². The van der Waals surface area contributed by atoms with Gasteiger partial charge in [-0.15, -0.1) is 0 Å². The SMILES string of the molecule is COc1cccc(-c2c(N)noc2-c2ccncc2F)c1. The van der Waals surface area contributed by atoms with Crippen LogP contribution in [0.2, 0.25) is 0 Å². The predicted molar refractivity (Wildman–Crippen MR) is 76.1 cm³/mol. The Kier molecular flexibility index (Phi) is 3.27. The fraction of sp³-hybridized carbons (Fsp3) is 0.0667. The van der Waals surface area contributed by atoms with Gasteiger partial charge in [0.05, 0.1) is 24.4 Å². The lowest BCUT2D eigenvalue weighted by atomic mass is 10.0. The number of pyridine rings is 1. The summed E-state index contributed by atoms with van der Waals surface area (Å²) in [5.74, 6) is 0.613. The first-order valence-electron chi connectivity index (χ1n) is 6.20. The van der Waals surface area contributed by atoms with Crippen molar-refractivity contribution in [3.8, 4) is 28.2 Å². The zero-order chi connectivity index (χ0) is 14.8. The highest BCUT2D eigenvalue weighted by Gasteiger charge is 2.20. The first kappa shape index (κ1) is 13.1. The average molecular weight is 285 g/mol. The molecule has 0 amide bonds. The van der Waals surface area contributed by atoms with E-state index in [2.05, 4.69) is 10.1 Å². The number of ether oxygens (including phenoxy) is 1. The lowest BCUT2D eigenvalue weighted by Crippen LogP contribution is -1.91. The molecule has 0 aliphatic carbocycles. The fourth-order valence-electron chi connectivity index (χ4n) is 2.10. The molecule has 0 spiro atoms. The summed E-state index contributed by atoms with van der Waals surface area (Å²) in [6, 6.07) is 8.74. The molecule has 5 nitrogen and oxygen atoms in total. The van der Waals surface area contributed by atoms with Gasteiger partial charge in [0.2, 0.25) is 0 Å². The van der Waals surface area contributed by atoms with Crippen molar-refractivity contribution in [2.24, 2.45) is 0 Å². The maximum Gasteiger partial charge on any atom is 0.179 e. The molecule has 0 saturated carbocycles. The summed E-state index contributed by atoms with van der Waals surface area (Å²) in [7, 11) is 1.57. The molecule has 1 aromatic carbocycles. The summed E-state index contributed by atoms with van der Waals surface area (Å²) >= 11 is 0. The molecule has 106 valence electrons. The van der Waals surface area contributed by atoms with Crippen LogP contribution < -0.4 is 10.5 Å². The Hall–Kier alpha value is -2.89. The molecule has 0 atom stereocenters. The van der Waals surface area contributed by atoms with Gasteiger partial charge in [-0.25, -0.2) is 4.39 Å². The number of rotatable bonds is 3. The van der Waals surface area contributed by atoms with Gasteiger partial charge in [0.25, 0.3) is 0 Å². The number of nitrogens with zero attached hydrogens (tertiary/aromatic N) is 2. The van der Waals surface area contributed by atoms with E-state index in [0.717, 1.165) is 11.8 Å². The number of aromatic nitrogens is 2. The number of hydrogen-bond acceptors (Lipinski definition) is 5. The number of nitrogens with two attached hydrogens (primary N) is 1. The number of methoxy groups -OCH3 is 1. The third kappa shape index (κ3) is 2.31. The van der Waals surface area contributed by atoms with Crippen LogP contribution in [0.1, 0.15) is 0 Å². The molecule has 0 aliphatic rings. The summed E-state index contributed by atoms with van der Waals surface area (Å²) in [4.78, 5) is 3.72. The van der Waals surface area contributed by atoms with E-state index in [4.69, 9.17) is 15.0 Å². The number of nitrogen functional groups attached to an aromatic ring is 1. The minimum absolute atomic E-state index is 0.189. The van der Waals surface area contributed by atoms with Gasteiger partial charge >= 0.3 is 0 Å². The number of anilines is 1. The second kappa shape index (κ2) is 5.24. The van der Waals surface area contributed by atoms with Gasteiger partial charge in [0, 0.05) is 6.20 Å². The minimum Gasteiger partial charge on any atom is -0.497 e. The van der Waals surface area contributed by atoms with Gasteiger partial charge < -0.3 is 15.0 Å². The Morgan fingerprint density at radius 1 is 1.29 bits per heavy atom. The Morgan fingerprint density at radius 3 is 2.90 bits per heavy atom. The lowest BCUT2D eigenvalue weighted by Gasteiger charge is -2.05. The highest BCUT2D eigenvalue weighted by atomic mass is 19.1. The molecule has 3 aromatic rings. The van der Waals surface area contributed by atoms with Gasteiger partial charge in [-0.1, -0.05) is 17.3 Å². The van der Waals surface area contributed by atoms with Crippen molar-refractivity contribution < 1.29 is 13.7 Å². The molecule has 0 bridgehead atoms. The zero-order valence-electron chi connectivity index (χ0n) is 11.2. The molecule has 0 radical (unpaired) electrons. The van der Waals surface area contributed by atoms with Crippen LogP contribution in [0.25, 0.3) is 22.5 Å². The van der Waals surface area contributed by atoms with Crippen LogP contribution in [-0.2, 0) is 0 Å². The van der Waals surface area contributed by atoms with Crippen LogP contribution >= 0.6 is 0 Å². The molecule has 21 heavy (non-hydrogen) atoms. The van der Waals surface area contributed by atoms with E-state index in [9.17, 15) is 4.39 Å². The zero-order valence-corrected chi connectivity index (χ0v) is 11.2. The van der Waals surface area contributed by atoms with Crippen LogP contribution in [0, 0.1) is 5.82 Å². The molecule has 0 unspecified atom stereocenters. The van der Waals surface area contributed by atoms with Crippen LogP contribution in [0.5, 0.6) is 5.75 Å². The highest BCUT2D eigenvalue weighted by molar-refractivity contribution is 5.86. The van der Waals surface area contributed by atoms with Crippen molar-refractivity contribution >= 4 is 5.82 Å². The standard InChI is InChI=1S/C15H12FN3O2/c1-20-10-4-2-3-9(7-10)13-14(21-19-15(13)17)11-5-6-18-8-12(11)16/h2-8H,1H3,(H2,17,19). The van der Waals surface area contributed by atoms with E-state index in [1.807, 2.05) is 12.1 Å². The van der Waals surface area contributed by atoms with Crippen molar-refractivity contribution in [1.82, 2.24) is 10.1 Å². The van der Waals surface area contributed by atoms with Crippen LogP contribution in [0.4, 0.5) is 10.2 Å². The van der Waals surface area contributed by atoms with Crippen LogP contribution in [0.15, 0.2) is 47.2 Å². The fourth-order valence-corrected chi connectivity index (χ4v) is 2.10. The smallest absolute Gasteiger partial charge is 0.179 e. The number of halogens is 1. The van der Waals surface area contributed by atoms with Gasteiger partial charge in [-0.2, -0.15) is 0 Å². The summed E-state index contributed by atoms with van der Waals surface area (Å²) in [6.07, 6.45) is 2.59. The molecule has 6 heteroatoms. The van der Waals surface area contributed by atoms with Crippen molar-refractivity contribution in [3.05, 3.63) is 48.5 Å². The van der Waals surface area contributed by atoms with E-state index in [0.29, 0.717) is 11.3 Å². The largest absolute Gasteiger partial charge is 0.497 e. The molecule has 2 aromatic heterocycles. The Bertz CT molecular complexity index is 786. The van der Waals surface area contributed by atoms with Gasteiger partial charge in [0.1, 0.15) is 5.75 Å². The average Bonchev–Trinajstić information content (AvgIpc) is 2.89. The summed E-state index contributed by atoms with van der Waals surface area (Å²) < 4.78 is 24.3. The van der Waals surface area contributed by atoms with E-state index >= 15 is 0 Å². The molecule has 3 rings (SSSR count). The summed E-state index contributed by atoms with van der Waals surface area (Å²) in [6.45, 7) is 0. The van der Waals surface area contributed by atoms with Crippen LogP contribution in [0.3, 0.4) is 0 Å². The molecule has 0 aliphatic heterocycles. The van der Waals surface area contributed by atoms with Crippen molar-refractivity contribution in [2.75, 3.05) is 12.8 Å². The van der Waals surface area contributed by atoms with Gasteiger partial charge in [-0.3, -0.25) is 4.98 Å². The Balaban J connectivity index is 2.20. The van der Waals surface area contributed by atoms with Gasteiger partial charge in [-0.05, 0) is 23.8 Å². The minimum atomic E-state index is -0.502. The van der Waals surface area contributed by atoms with E-state index in [-0.39, 0.29) is 17.1 Å². The van der Waals surface area contributed by atoms with Crippen molar-refractivity contribution in [2.45, 2.75) is 0 Å². The molecule has 2 N–H and O–H groups in total. The summed E-state index contributed by atoms with van der Waals surface area (Å²) in [5.41, 5.74) is 7.39. The Labute approximate surface area is 120 Å². The van der Waals surface area contributed by atoms with Crippen LogP contribution in [-0.4, -0.2) is 17.3 Å². The maximum atomic E-state index is 13.9. The van der Waals surface area contributed by atoms with E-state index in [1.54, 1.807) is 19.2 Å². The second-order valence-electron chi connectivity index (χ2n) is 4.36. The lowest BCUT2D eigenvalue weighted by molar-refractivity contribution is 0.415. The number of hydrogen-bond donors (Lipinski definition) is 1. The normalized spacial score (nSPS) is 10.6. The Morgan fingerprint density at radius 2 is 2.14 bits per heavy atom. The molecule has 0 saturated heterocycles. The monoisotopic (exact) mass is 285 g/mol. The molecular weight excluding hydrogens is 273 g/mol. The molecular formula is C15H12FN3O2. The second-order valence-corrected chi connectivity index (χ2v) is 4.36.